The number of hydrogen-bond acceptors (Lipinski definition) is 10. The van der Waals surface area contributed by atoms with Crippen LogP contribution >= 0.6 is 0 Å². The van der Waals surface area contributed by atoms with E-state index in [2.05, 4.69) is 17.6 Å². The van der Waals surface area contributed by atoms with E-state index in [1.807, 2.05) is 45.9 Å². The number of carboxylic acid groups (broad SMARTS) is 1. The Kier molecular flexibility index (Phi) is 19.3. The molecule has 3 aliphatic heterocycles. The van der Waals surface area contributed by atoms with Crippen LogP contribution in [-0.2, 0) is 54.3 Å². The van der Waals surface area contributed by atoms with Gasteiger partial charge in [0, 0.05) is 65.4 Å². The van der Waals surface area contributed by atoms with Gasteiger partial charge in [0.15, 0.2) is 0 Å². The van der Waals surface area contributed by atoms with Gasteiger partial charge in [-0.25, -0.2) is 4.79 Å². The molecule has 68 heavy (non-hydrogen) atoms. The SMILES string of the molecule is CC[C@H](C)[C@@H]([C@@H](CC(=O)N1CCC[C@H]1[C@H](OC)[C@@H](C)C(=O)N[C@@H](Cc1ccccc1)C(=O)O)OC)N(C)C(=O)[C@@H](NC(=O)[C@@H]1C2CCC([C@H]2C)N1C(=O)CCCCCN1C(=O)C=CC1=O)C(C)C. The molecule has 2 bridgehead atoms. The number of imide groups is 1. The first-order chi connectivity index (χ1) is 32.4. The van der Waals surface area contributed by atoms with E-state index in [9.17, 15) is 43.5 Å². The number of methoxy groups -OCH3 is 2. The van der Waals surface area contributed by atoms with Gasteiger partial charge in [0.1, 0.15) is 18.1 Å². The molecule has 17 heteroatoms. The molecule has 376 valence electrons. The van der Waals surface area contributed by atoms with Crippen LogP contribution in [0.4, 0.5) is 0 Å². The van der Waals surface area contributed by atoms with E-state index in [-0.39, 0.29) is 91.0 Å². The second-order valence-corrected chi connectivity index (χ2v) is 19.8. The maximum Gasteiger partial charge on any atom is 0.326 e. The van der Waals surface area contributed by atoms with Crippen LogP contribution < -0.4 is 10.6 Å². The largest absolute Gasteiger partial charge is 0.480 e. The number of hydrogen-bond donors (Lipinski definition) is 3. The van der Waals surface area contributed by atoms with Gasteiger partial charge in [-0.2, -0.15) is 0 Å². The predicted octanol–water partition coefficient (Wildman–Crippen LogP) is 3.97. The number of carbonyl (C=O) groups is 8. The summed E-state index contributed by atoms with van der Waals surface area (Å²) in [7, 11) is 4.68. The third-order valence-electron chi connectivity index (χ3n) is 15.3. The van der Waals surface area contributed by atoms with Crippen molar-refractivity contribution in [3.05, 3.63) is 48.0 Å². The number of ether oxygens (including phenoxy) is 2. The molecule has 0 spiro atoms. The van der Waals surface area contributed by atoms with Crippen molar-refractivity contribution in [2.45, 2.75) is 161 Å². The number of nitrogens with one attached hydrogen (secondary N) is 2. The summed E-state index contributed by atoms with van der Waals surface area (Å²) in [4.78, 5) is 113. The Morgan fingerprint density at radius 3 is 2.16 bits per heavy atom. The van der Waals surface area contributed by atoms with Gasteiger partial charge in [-0.3, -0.25) is 38.5 Å². The molecule has 7 amide bonds. The standard InChI is InChI=1S/C51H76N6O11/c1-10-31(4)45(39(67-8)29-43(61)55-27-17-20-38(55)47(68-9)33(6)48(62)52-36(51(65)66)28-34-18-13-11-14-19-34)54(7)50(64)44(30(2)3)53-49(63)46-35-22-23-37(32(35)5)57(46)42(60)21-15-12-16-26-56-40(58)24-25-41(56)59/h11,13-14,18-19,24-25,30-33,35-39,44-47H,10,12,15-17,20-23,26-29H2,1-9H3,(H,52,62)(H,53,63)(H,65,66)/t31-,32-,33+,35?,36-,37?,38-,39+,44-,45-,46-,47+/m0/s1. The average Bonchev–Trinajstić information content (AvgIpc) is 4.10. The van der Waals surface area contributed by atoms with Crippen molar-refractivity contribution >= 4 is 47.3 Å². The molecular formula is C51H76N6O11. The monoisotopic (exact) mass is 949 g/mol. The second kappa shape index (κ2) is 24.4. The van der Waals surface area contributed by atoms with Crippen LogP contribution in [0.1, 0.15) is 111 Å². The van der Waals surface area contributed by atoms with Crippen LogP contribution in [-0.4, -0.2) is 155 Å². The molecule has 4 aliphatic rings. The highest BCUT2D eigenvalue weighted by Crippen LogP contribution is 2.47. The Balaban J connectivity index is 1.24. The van der Waals surface area contributed by atoms with Crippen LogP contribution in [0.15, 0.2) is 42.5 Å². The van der Waals surface area contributed by atoms with Crippen LogP contribution in [0, 0.1) is 29.6 Å². The van der Waals surface area contributed by atoms with Crippen molar-refractivity contribution in [1.82, 2.24) is 30.2 Å². The van der Waals surface area contributed by atoms with Crippen molar-refractivity contribution in [2.24, 2.45) is 29.6 Å². The van der Waals surface area contributed by atoms with Crippen molar-refractivity contribution in [1.29, 1.82) is 0 Å². The summed E-state index contributed by atoms with van der Waals surface area (Å²) < 4.78 is 12.0. The Bertz CT molecular complexity index is 1980. The molecule has 0 aromatic heterocycles. The van der Waals surface area contributed by atoms with Crippen LogP contribution in [0.25, 0.3) is 0 Å². The molecule has 3 N–H and O–H groups in total. The van der Waals surface area contributed by atoms with E-state index in [0.717, 1.165) is 18.4 Å². The highest BCUT2D eigenvalue weighted by Gasteiger charge is 2.56. The molecule has 1 aromatic rings. The number of benzene rings is 1. The van der Waals surface area contributed by atoms with E-state index >= 15 is 0 Å². The molecule has 2 unspecified atom stereocenters. The lowest BCUT2D eigenvalue weighted by atomic mass is 9.89. The summed E-state index contributed by atoms with van der Waals surface area (Å²) in [6.45, 7) is 12.2. The van der Waals surface area contributed by atoms with E-state index in [1.165, 1.54) is 31.3 Å². The smallest absolute Gasteiger partial charge is 0.326 e. The fourth-order valence-corrected chi connectivity index (χ4v) is 11.2. The Labute approximate surface area is 402 Å². The van der Waals surface area contributed by atoms with E-state index in [1.54, 1.807) is 40.8 Å². The molecule has 3 heterocycles. The summed E-state index contributed by atoms with van der Waals surface area (Å²) in [5, 5.41) is 15.7. The van der Waals surface area contributed by atoms with Crippen molar-refractivity contribution in [2.75, 3.05) is 34.4 Å². The Morgan fingerprint density at radius 1 is 0.882 bits per heavy atom. The summed E-state index contributed by atoms with van der Waals surface area (Å²) in [5.74, 6) is -4.53. The number of unbranched alkanes of at least 4 members (excludes halogenated alkanes) is 2. The van der Waals surface area contributed by atoms with Crippen LogP contribution in [0.5, 0.6) is 0 Å². The lowest BCUT2D eigenvalue weighted by Crippen LogP contribution is -2.60. The number of likely N-dealkylation sites (tertiary alicyclic amines) is 2. The number of piperidine rings is 1. The predicted molar refractivity (Wildman–Crippen MR) is 253 cm³/mol. The molecule has 1 aromatic carbocycles. The molecule has 1 aliphatic carbocycles. The normalized spacial score (nSPS) is 24.1. The fraction of sp³-hybridized carbons (Fsp3) is 0.686. The minimum atomic E-state index is -1.16. The lowest BCUT2D eigenvalue weighted by Gasteiger charge is -2.41. The minimum Gasteiger partial charge on any atom is -0.480 e. The number of fused-ring (bicyclic) bond motifs is 2. The minimum absolute atomic E-state index is 0.0492. The third-order valence-corrected chi connectivity index (χ3v) is 15.3. The number of aliphatic carboxylic acids is 1. The topological polar surface area (TPSA) is 212 Å². The first-order valence-electron chi connectivity index (χ1n) is 24.7. The van der Waals surface area contributed by atoms with Crippen LogP contribution in [0.3, 0.4) is 0 Å². The summed E-state index contributed by atoms with van der Waals surface area (Å²) in [6.07, 6.45) is 6.57. The van der Waals surface area contributed by atoms with Gasteiger partial charge in [0.05, 0.1) is 36.6 Å². The van der Waals surface area contributed by atoms with Crippen molar-refractivity contribution in [3.8, 4) is 0 Å². The zero-order valence-electron chi connectivity index (χ0n) is 41.6. The molecule has 5 rings (SSSR count). The first kappa shape index (κ1) is 53.8. The number of likely N-dealkylation sites (N-methyl/N-ethyl adjacent to an activating group) is 1. The van der Waals surface area contributed by atoms with Gasteiger partial charge >= 0.3 is 5.97 Å². The lowest BCUT2D eigenvalue weighted by molar-refractivity contribution is -0.149. The highest BCUT2D eigenvalue weighted by atomic mass is 16.5. The number of nitrogens with zero attached hydrogens (tertiary/aromatic N) is 4. The summed E-state index contributed by atoms with van der Waals surface area (Å²) >= 11 is 0. The van der Waals surface area contributed by atoms with E-state index < -0.39 is 60.2 Å². The zero-order valence-corrected chi connectivity index (χ0v) is 41.6. The van der Waals surface area contributed by atoms with Gasteiger partial charge < -0.3 is 39.9 Å². The van der Waals surface area contributed by atoms with Crippen molar-refractivity contribution < 1.29 is 52.9 Å². The number of amides is 7. The third kappa shape index (κ3) is 12.3. The Hall–Kier alpha value is -5.16. The van der Waals surface area contributed by atoms with Gasteiger partial charge in [-0.1, -0.05) is 84.7 Å². The summed E-state index contributed by atoms with van der Waals surface area (Å²) in [6, 6.07) is 5.12. The van der Waals surface area contributed by atoms with E-state index in [4.69, 9.17) is 9.47 Å². The molecular weight excluding hydrogens is 873 g/mol. The number of rotatable bonds is 25. The zero-order chi connectivity index (χ0) is 50.0. The molecule has 2 saturated heterocycles. The van der Waals surface area contributed by atoms with Gasteiger partial charge in [0.25, 0.3) is 11.8 Å². The van der Waals surface area contributed by atoms with Crippen LogP contribution in [0.2, 0.25) is 0 Å². The maximum atomic E-state index is 14.7. The Morgan fingerprint density at radius 2 is 1.56 bits per heavy atom. The second-order valence-electron chi connectivity index (χ2n) is 19.8. The molecule has 17 nitrogen and oxygen atoms in total. The fourth-order valence-electron chi connectivity index (χ4n) is 11.2. The van der Waals surface area contributed by atoms with Gasteiger partial charge in [0.2, 0.25) is 29.5 Å². The van der Waals surface area contributed by atoms with Gasteiger partial charge in [-0.15, -0.1) is 0 Å². The van der Waals surface area contributed by atoms with Gasteiger partial charge in [-0.05, 0) is 67.8 Å². The van der Waals surface area contributed by atoms with Crippen molar-refractivity contribution in [3.63, 3.8) is 0 Å². The summed E-state index contributed by atoms with van der Waals surface area (Å²) in [5.41, 5.74) is 0.766. The van der Waals surface area contributed by atoms with E-state index in [0.29, 0.717) is 45.1 Å². The molecule has 1 saturated carbocycles. The number of carboxylic acids is 1. The maximum absolute atomic E-state index is 14.7. The first-order valence-corrected chi connectivity index (χ1v) is 24.7. The highest BCUT2D eigenvalue weighted by molar-refractivity contribution is 6.12. The molecule has 3 fully saturated rings. The molecule has 12 atom stereocenters. The average molecular weight is 949 g/mol. The molecule has 0 radical (unpaired) electrons. The quantitative estimate of drug-likeness (QED) is 0.0943. The number of carbonyl (C=O) groups excluding carboxylic acids is 7.